The fraction of sp³-hybridized carbons (Fsp3) is 0.323. The third kappa shape index (κ3) is 4.36. The molecule has 9 heteroatoms. The topological polar surface area (TPSA) is 116 Å². The summed E-state index contributed by atoms with van der Waals surface area (Å²) in [5.41, 5.74) is 2.43. The average Bonchev–Trinajstić information content (AvgIpc) is 3.62. The first kappa shape index (κ1) is 25.9. The molecule has 0 bridgehead atoms. The summed E-state index contributed by atoms with van der Waals surface area (Å²) in [5, 5.41) is 16.9. The lowest BCUT2D eigenvalue weighted by atomic mass is 9.80. The van der Waals surface area contributed by atoms with Crippen molar-refractivity contribution in [2.24, 2.45) is 0 Å². The zero-order valence-electron chi connectivity index (χ0n) is 23.2. The van der Waals surface area contributed by atoms with Gasteiger partial charge in [0.2, 0.25) is 0 Å². The molecule has 1 aliphatic rings. The third-order valence-corrected chi connectivity index (χ3v) is 7.18. The smallest absolute Gasteiger partial charge is 0.420 e. The molecule has 204 valence electrons. The summed E-state index contributed by atoms with van der Waals surface area (Å²) in [4.78, 5) is 27.4. The van der Waals surface area contributed by atoms with Crippen LogP contribution in [0.15, 0.2) is 65.7 Å². The average molecular weight is 538 g/mol. The van der Waals surface area contributed by atoms with E-state index in [1.54, 1.807) is 41.5 Å². The molecule has 0 radical (unpaired) electrons. The Labute approximate surface area is 231 Å². The van der Waals surface area contributed by atoms with Gasteiger partial charge in [-0.05, 0) is 77.3 Å². The number of imidazole rings is 1. The number of ether oxygens (including phenoxy) is 1. The van der Waals surface area contributed by atoms with Gasteiger partial charge < -0.3 is 14.4 Å². The summed E-state index contributed by atoms with van der Waals surface area (Å²) >= 11 is 0. The number of aryl methyl sites for hydroxylation is 2. The van der Waals surface area contributed by atoms with E-state index in [2.05, 4.69) is 15.1 Å². The largest absolute Gasteiger partial charge is 0.443 e. The van der Waals surface area contributed by atoms with Gasteiger partial charge in [0.15, 0.2) is 0 Å². The number of hydrogen-bond donors (Lipinski definition) is 1. The second-order valence-electron chi connectivity index (χ2n) is 11.3. The predicted molar refractivity (Wildman–Crippen MR) is 149 cm³/mol. The van der Waals surface area contributed by atoms with Crippen LogP contribution in [0, 0.1) is 13.8 Å². The van der Waals surface area contributed by atoms with Gasteiger partial charge in [-0.25, -0.2) is 14.3 Å². The monoisotopic (exact) mass is 537 g/mol. The van der Waals surface area contributed by atoms with Crippen molar-refractivity contribution < 1.29 is 19.2 Å². The molecule has 40 heavy (non-hydrogen) atoms. The van der Waals surface area contributed by atoms with E-state index in [0.717, 1.165) is 24.0 Å². The van der Waals surface area contributed by atoms with Crippen LogP contribution >= 0.6 is 0 Å². The number of fused-ring (bicyclic) bond motifs is 1. The summed E-state index contributed by atoms with van der Waals surface area (Å²) in [6, 6.07) is 11.0. The van der Waals surface area contributed by atoms with Crippen molar-refractivity contribution in [2.45, 2.75) is 64.6 Å². The second kappa shape index (κ2) is 9.38. The van der Waals surface area contributed by atoms with Crippen LogP contribution in [0.2, 0.25) is 0 Å². The number of aromatic nitrogens is 5. The van der Waals surface area contributed by atoms with E-state index >= 15 is 0 Å². The predicted octanol–water partition coefficient (Wildman–Crippen LogP) is 6.04. The van der Waals surface area contributed by atoms with Crippen molar-refractivity contribution in [1.82, 2.24) is 24.7 Å². The summed E-state index contributed by atoms with van der Waals surface area (Å²) in [6.45, 7) is 9.22. The molecule has 9 nitrogen and oxygen atoms in total. The zero-order chi connectivity index (χ0) is 28.2. The highest BCUT2D eigenvalue weighted by atomic mass is 16.6. The Hall–Kier alpha value is -4.37. The first-order chi connectivity index (χ1) is 19.1. The maximum absolute atomic E-state index is 13.7. The highest BCUT2D eigenvalue weighted by Crippen LogP contribution is 2.46. The number of hydrogen-bond acceptors (Lipinski definition) is 8. The molecule has 0 amide bonds. The summed E-state index contributed by atoms with van der Waals surface area (Å²) < 4.78 is 12.9. The quantitative estimate of drug-likeness (QED) is 0.288. The molecule has 1 N–H and O–H groups in total. The Morgan fingerprint density at radius 2 is 1.70 bits per heavy atom. The van der Waals surface area contributed by atoms with Crippen LogP contribution in [-0.4, -0.2) is 41.5 Å². The van der Waals surface area contributed by atoms with E-state index in [-0.39, 0.29) is 5.92 Å². The molecule has 0 spiro atoms. The van der Waals surface area contributed by atoms with Crippen LogP contribution in [0.1, 0.15) is 73.5 Å². The fourth-order valence-electron chi connectivity index (χ4n) is 5.26. The Morgan fingerprint density at radius 3 is 2.20 bits per heavy atom. The van der Waals surface area contributed by atoms with Crippen molar-refractivity contribution in [3.05, 3.63) is 95.2 Å². The van der Waals surface area contributed by atoms with Gasteiger partial charge in [-0.15, -0.1) is 0 Å². The number of rotatable bonds is 5. The number of carbonyl (C=O) groups excluding carboxylic acids is 1. The van der Waals surface area contributed by atoms with E-state index in [0.29, 0.717) is 45.0 Å². The van der Waals surface area contributed by atoms with Crippen molar-refractivity contribution in [2.75, 3.05) is 0 Å². The summed E-state index contributed by atoms with van der Waals surface area (Å²) in [5.74, 6) is 1.38. The zero-order valence-corrected chi connectivity index (χ0v) is 23.2. The number of carbonyl (C=O) groups is 1. The van der Waals surface area contributed by atoms with Crippen molar-refractivity contribution in [3.63, 3.8) is 0 Å². The van der Waals surface area contributed by atoms with Crippen LogP contribution in [0.3, 0.4) is 0 Å². The second-order valence-corrected chi connectivity index (χ2v) is 11.3. The molecular formula is C31H31N5O4. The lowest BCUT2D eigenvalue weighted by Crippen LogP contribution is -2.30. The van der Waals surface area contributed by atoms with Gasteiger partial charge in [0, 0.05) is 53.0 Å². The molecule has 1 aliphatic carbocycles. The maximum Gasteiger partial charge on any atom is 0.420 e. The third-order valence-electron chi connectivity index (χ3n) is 7.18. The molecule has 4 aromatic heterocycles. The Kier molecular flexibility index (Phi) is 6.07. The Balaban J connectivity index is 1.74. The van der Waals surface area contributed by atoms with Gasteiger partial charge in [-0.1, -0.05) is 17.3 Å². The van der Waals surface area contributed by atoms with E-state index in [1.807, 2.05) is 58.9 Å². The molecule has 0 unspecified atom stereocenters. The van der Waals surface area contributed by atoms with Crippen LogP contribution in [-0.2, 0) is 10.3 Å². The lowest BCUT2D eigenvalue weighted by molar-refractivity contribution is 0.0539. The minimum Gasteiger partial charge on any atom is -0.443 e. The molecule has 6 rings (SSSR count). The molecule has 0 saturated heterocycles. The van der Waals surface area contributed by atoms with E-state index in [1.165, 1.54) is 0 Å². The van der Waals surface area contributed by atoms with Gasteiger partial charge >= 0.3 is 6.09 Å². The highest BCUT2D eigenvalue weighted by molar-refractivity contribution is 5.94. The first-order valence-electron chi connectivity index (χ1n) is 13.3. The number of nitrogens with zero attached hydrogens (tertiary/aromatic N) is 5. The lowest BCUT2D eigenvalue weighted by Gasteiger charge is -2.30. The normalized spacial score (nSPS) is 14.1. The van der Waals surface area contributed by atoms with Gasteiger partial charge in [-0.2, -0.15) is 0 Å². The van der Waals surface area contributed by atoms with Crippen molar-refractivity contribution in [3.8, 4) is 11.1 Å². The van der Waals surface area contributed by atoms with Crippen LogP contribution < -0.4 is 0 Å². The maximum atomic E-state index is 13.7. The standard InChI is InChI=1S/C31H31N5O4/c1-18-26(19(2)40-35-18)21-14-24(31(38,22-8-6-12-32-16-22)23-9-7-13-33-17-23)27-25(15-21)36(28(34-27)20-10-11-20)29(37)39-30(3,4)5/h6-9,12-17,20,38H,10-11H2,1-5H3. The minimum atomic E-state index is -1.69. The fourth-order valence-corrected chi connectivity index (χ4v) is 5.26. The van der Waals surface area contributed by atoms with Gasteiger partial charge in [0.25, 0.3) is 0 Å². The van der Waals surface area contributed by atoms with Crippen molar-refractivity contribution in [1.29, 1.82) is 0 Å². The first-order valence-corrected chi connectivity index (χ1v) is 13.3. The van der Waals surface area contributed by atoms with Gasteiger partial charge in [0.05, 0.1) is 16.7 Å². The van der Waals surface area contributed by atoms with Crippen LogP contribution in [0.25, 0.3) is 22.2 Å². The number of benzene rings is 1. The van der Waals surface area contributed by atoms with Crippen LogP contribution in [0.4, 0.5) is 4.79 Å². The van der Waals surface area contributed by atoms with Gasteiger partial charge in [-0.3, -0.25) is 9.97 Å². The molecule has 1 saturated carbocycles. The molecule has 0 atom stereocenters. The van der Waals surface area contributed by atoms with E-state index < -0.39 is 17.3 Å². The number of pyridine rings is 2. The minimum absolute atomic E-state index is 0.125. The van der Waals surface area contributed by atoms with Crippen LogP contribution in [0.5, 0.6) is 0 Å². The highest BCUT2D eigenvalue weighted by Gasteiger charge is 2.40. The SMILES string of the molecule is Cc1noc(C)c1-c1cc(C(O)(c2cccnc2)c2cccnc2)c2nc(C3CC3)n(C(=O)OC(C)(C)C)c2c1. The molecule has 1 aromatic carbocycles. The molecule has 0 aliphatic heterocycles. The van der Waals surface area contributed by atoms with Crippen molar-refractivity contribution >= 4 is 17.1 Å². The summed E-state index contributed by atoms with van der Waals surface area (Å²) in [6.07, 6.45) is 7.92. The Morgan fingerprint density at radius 1 is 1.05 bits per heavy atom. The molecular weight excluding hydrogens is 506 g/mol. The van der Waals surface area contributed by atoms with Gasteiger partial charge in [0.1, 0.15) is 22.8 Å². The summed E-state index contributed by atoms with van der Waals surface area (Å²) in [7, 11) is 0. The Bertz CT molecular complexity index is 1650. The molecule has 4 heterocycles. The number of aliphatic hydroxyl groups is 1. The molecule has 5 aromatic rings. The molecule has 1 fully saturated rings. The van der Waals surface area contributed by atoms with E-state index in [4.69, 9.17) is 14.2 Å². The van der Waals surface area contributed by atoms with E-state index in [9.17, 15) is 9.90 Å².